The first-order chi connectivity index (χ1) is 21.0. The molecule has 0 spiro atoms. The van der Waals surface area contributed by atoms with E-state index in [9.17, 15) is 19.5 Å². The van der Waals surface area contributed by atoms with Crippen molar-refractivity contribution in [2.75, 3.05) is 16.3 Å². The number of carbonyl (C=O) groups is 3. The fourth-order valence-electron chi connectivity index (χ4n) is 6.55. The molecular formula is C34H29N5O4. The number of para-hydroxylation sites is 5. The molecule has 3 aliphatic heterocycles. The van der Waals surface area contributed by atoms with Crippen LogP contribution in [0.25, 0.3) is 0 Å². The van der Waals surface area contributed by atoms with E-state index in [0.29, 0.717) is 41.3 Å². The second kappa shape index (κ2) is 10.8. The van der Waals surface area contributed by atoms with Crippen molar-refractivity contribution in [3.63, 3.8) is 0 Å². The van der Waals surface area contributed by atoms with Crippen molar-refractivity contribution in [2.24, 2.45) is 4.99 Å². The fourth-order valence-corrected chi connectivity index (χ4v) is 6.55. The largest absolute Gasteiger partial charge is 0.480 e. The first kappa shape index (κ1) is 26.5. The first-order valence-corrected chi connectivity index (χ1v) is 14.3. The average Bonchev–Trinajstić information content (AvgIpc) is 3.23. The number of likely N-dealkylation sites (tertiary alicyclic amines) is 1. The first-order valence-electron chi connectivity index (χ1n) is 14.3. The number of anilines is 4. The van der Waals surface area contributed by atoms with Crippen LogP contribution >= 0.6 is 0 Å². The van der Waals surface area contributed by atoms with Gasteiger partial charge in [0.1, 0.15) is 0 Å². The van der Waals surface area contributed by atoms with Gasteiger partial charge in [-0.1, -0.05) is 66.7 Å². The molecule has 0 aromatic heterocycles. The molecule has 2 bridgehead atoms. The van der Waals surface area contributed by atoms with E-state index < -0.39 is 24.1 Å². The number of fused-ring (bicyclic) bond motifs is 4. The summed E-state index contributed by atoms with van der Waals surface area (Å²) < 4.78 is 0. The van der Waals surface area contributed by atoms with Crippen LogP contribution in [0.2, 0.25) is 0 Å². The lowest BCUT2D eigenvalue weighted by Crippen LogP contribution is -2.67. The van der Waals surface area contributed by atoms with Gasteiger partial charge in [-0.25, -0.2) is 14.4 Å². The number of carboxylic acid groups (broad SMARTS) is 1. The van der Waals surface area contributed by atoms with Gasteiger partial charge >= 0.3 is 18.0 Å². The van der Waals surface area contributed by atoms with Crippen LogP contribution in [0.4, 0.5) is 38.0 Å². The lowest BCUT2D eigenvalue weighted by atomic mass is 10.0. The summed E-state index contributed by atoms with van der Waals surface area (Å²) in [6.45, 7) is 0.0990. The van der Waals surface area contributed by atoms with Gasteiger partial charge in [0, 0.05) is 18.3 Å². The molecule has 0 saturated carbocycles. The SMILES string of the molecule is O=C(O)[C@@H]1[C@H]2CC[C@@H](CN1C(=O)N(c1ccccc1)c1ccccc1)N2C(=O)N1c2ccccc2C=Nc2ccccc21. The van der Waals surface area contributed by atoms with E-state index in [2.05, 4.69) is 4.99 Å². The highest BCUT2D eigenvalue weighted by atomic mass is 16.4. The van der Waals surface area contributed by atoms with Crippen molar-refractivity contribution in [2.45, 2.75) is 31.0 Å². The normalized spacial score (nSPS) is 20.2. The lowest BCUT2D eigenvalue weighted by Gasteiger charge is -2.47. The summed E-state index contributed by atoms with van der Waals surface area (Å²) in [5, 5.41) is 10.6. The Labute approximate surface area is 248 Å². The molecule has 0 unspecified atom stereocenters. The van der Waals surface area contributed by atoms with Crippen LogP contribution in [0.3, 0.4) is 0 Å². The van der Waals surface area contributed by atoms with E-state index >= 15 is 0 Å². The number of nitrogens with zero attached hydrogens (tertiary/aromatic N) is 5. The molecule has 4 amide bonds. The summed E-state index contributed by atoms with van der Waals surface area (Å²) in [6.07, 6.45) is 2.81. The summed E-state index contributed by atoms with van der Waals surface area (Å²) in [5.41, 5.74) is 3.98. The zero-order valence-electron chi connectivity index (χ0n) is 23.2. The maximum absolute atomic E-state index is 14.6. The van der Waals surface area contributed by atoms with Crippen molar-refractivity contribution < 1.29 is 19.5 Å². The van der Waals surface area contributed by atoms with Crippen LogP contribution in [-0.4, -0.2) is 63.8 Å². The molecule has 1 N–H and O–H groups in total. The average molecular weight is 572 g/mol. The molecular weight excluding hydrogens is 542 g/mol. The van der Waals surface area contributed by atoms with Gasteiger partial charge in [0.25, 0.3) is 0 Å². The number of urea groups is 2. The summed E-state index contributed by atoms with van der Waals surface area (Å²) in [7, 11) is 0. The van der Waals surface area contributed by atoms with Gasteiger partial charge in [-0.05, 0) is 55.3 Å². The van der Waals surface area contributed by atoms with Crippen molar-refractivity contribution in [1.29, 1.82) is 0 Å². The Hall–Kier alpha value is -5.44. The molecule has 3 atom stereocenters. The fraction of sp³-hybridized carbons (Fsp3) is 0.176. The lowest BCUT2D eigenvalue weighted by molar-refractivity contribution is -0.145. The van der Waals surface area contributed by atoms with E-state index in [0.717, 1.165) is 5.56 Å². The predicted molar refractivity (Wildman–Crippen MR) is 165 cm³/mol. The third kappa shape index (κ3) is 4.50. The number of aliphatic carboxylic acids is 1. The van der Waals surface area contributed by atoms with Crippen molar-refractivity contribution in [1.82, 2.24) is 9.80 Å². The molecule has 7 rings (SSSR count). The number of carbonyl (C=O) groups excluding carboxylic acids is 2. The number of benzene rings is 4. The van der Waals surface area contributed by atoms with Crippen LogP contribution in [0.5, 0.6) is 0 Å². The molecule has 3 heterocycles. The van der Waals surface area contributed by atoms with E-state index in [1.807, 2.05) is 109 Å². The Morgan fingerprint density at radius 3 is 2.02 bits per heavy atom. The second-order valence-electron chi connectivity index (χ2n) is 10.9. The smallest absolute Gasteiger partial charge is 0.329 e. The molecule has 9 nitrogen and oxygen atoms in total. The molecule has 4 aromatic carbocycles. The Kier molecular flexibility index (Phi) is 6.62. The van der Waals surface area contributed by atoms with Crippen LogP contribution in [0.1, 0.15) is 18.4 Å². The molecule has 9 heteroatoms. The molecule has 43 heavy (non-hydrogen) atoms. The number of carboxylic acids is 1. The Morgan fingerprint density at radius 2 is 1.35 bits per heavy atom. The number of amides is 4. The maximum atomic E-state index is 14.6. The molecule has 3 aliphatic rings. The Balaban J connectivity index is 1.27. The van der Waals surface area contributed by atoms with Gasteiger partial charge in [-0.3, -0.25) is 14.8 Å². The summed E-state index contributed by atoms with van der Waals surface area (Å²) in [6, 6.07) is 30.3. The summed E-state index contributed by atoms with van der Waals surface area (Å²) in [5.74, 6) is -1.14. The van der Waals surface area contributed by atoms with Crippen LogP contribution in [0.15, 0.2) is 114 Å². The van der Waals surface area contributed by atoms with Crippen molar-refractivity contribution >= 4 is 52.7 Å². The van der Waals surface area contributed by atoms with E-state index in [4.69, 9.17) is 0 Å². The van der Waals surface area contributed by atoms with Gasteiger partial charge in [-0.15, -0.1) is 0 Å². The molecule has 0 aliphatic carbocycles. The van der Waals surface area contributed by atoms with Gasteiger partial charge in [-0.2, -0.15) is 0 Å². The van der Waals surface area contributed by atoms with Gasteiger partial charge < -0.3 is 14.9 Å². The maximum Gasteiger partial charge on any atom is 0.329 e. The van der Waals surface area contributed by atoms with Crippen molar-refractivity contribution in [3.05, 3.63) is 115 Å². The number of rotatable bonds is 3. The topological polar surface area (TPSA) is 96.8 Å². The van der Waals surface area contributed by atoms with E-state index in [1.165, 1.54) is 4.90 Å². The number of hydrogen-bond acceptors (Lipinski definition) is 4. The number of piperazine rings is 1. The Morgan fingerprint density at radius 1 is 0.744 bits per heavy atom. The molecule has 214 valence electrons. The van der Waals surface area contributed by atoms with Crippen LogP contribution < -0.4 is 9.80 Å². The van der Waals surface area contributed by atoms with Crippen LogP contribution in [-0.2, 0) is 4.79 Å². The van der Waals surface area contributed by atoms with Gasteiger partial charge in [0.2, 0.25) is 0 Å². The van der Waals surface area contributed by atoms with E-state index in [-0.39, 0.29) is 18.6 Å². The highest BCUT2D eigenvalue weighted by molar-refractivity contribution is 6.09. The summed E-state index contributed by atoms with van der Waals surface area (Å²) in [4.78, 5) is 52.8. The third-order valence-electron chi connectivity index (χ3n) is 8.43. The van der Waals surface area contributed by atoms with Crippen molar-refractivity contribution in [3.8, 4) is 0 Å². The number of hydrogen-bond donors (Lipinski definition) is 1. The quantitative estimate of drug-likeness (QED) is 0.301. The molecule has 2 fully saturated rings. The zero-order valence-corrected chi connectivity index (χ0v) is 23.2. The van der Waals surface area contributed by atoms with Gasteiger partial charge in [0.15, 0.2) is 6.04 Å². The minimum Gasteiger partial charge on any atom is -0.480 e. The van der Waals surface area contributed by atoms with Gasteiger partial charge in [0.05, 0.1) is 40.5 Å². The molecule has 0 radical (unpaired) electrons. The zero-order chi connectivity index (χ0) is 29.5. The third-order valence-corrected chi connectivity index (χ3v) is 8.43. The highest BCUT2D eigenvalue weighted by Crippen LogP contribution is 2.43. The predicted octanol–water partition coefficient (Wildman–Crippen LogP) is 6.57. The Bertz CT molecular complexity index is 1640. The monoisotopic (exact) mass is 571 g/mol. The number of aliphatic imine (C=N–C) groups is 1. The van der Waals surface area contributed by atoms with E-state index in [1.54, 1.807) is 20.9 Å². The molecule has 4 aromatic rings. The van der Waals surface area contributed by atoms with Crippen LogP contribution in [0, 0.1) is 0 Å². The summed E-state index contributed by atoms with van der Waals surface area (Å²) >= 11 is 0. The standard InChI is InChI=1S/C34H29N5O4/c40-32(41)31-30-20-19-26(22-36(31)33(42)37(24-12-3-1-4-13-24)25-14-5-2-6-15-25)38(30)34(43)39-28-17-9-7-11-23(28)21-35-27-16-8-10-18-29(27)39/h1-18,21,26,30-31H,19-20,22H2,(H,40,41)/t26-,30+,31-/m0/s1. The minimum atomic E-state index is -1.22. The second-order valence-corrected chi connectivity index (χ2v) is 10.9. The highest BCUT2D eigenvalue weighted by Gasteiger charge is 2.54. The molecule has 2 saturated heterocycles. The minimum absolute atomic E-state index is 0.0990.